The fourth-order valence-corrected chi connectivity index (χ4v) is 1.02. The van der Waals surface area contributed by atoms with Gasteiger partial charge in [0.15, 0.2) is 5.13 Å². The second-order valence-electron chi connectivity index (χ2n) is 1.83. The molecule has 0 radical (unpaired) electrons. The molecule has 0 aliphatic rings. The van der Waals surface area contributed by atoms with Gasteiger partial charge < -0.3 is 10.5 Å². The average molecular weight is 185 g/mol. The summed E-state index contributed by atoms with van der Waals surface area (Å²) in [5.74, 6) is -0.342. The van der Waals surface area contributed by atoms with Crippen LogP contribution in [0.5, 0.6) is 5.88 Å². The lowest BCUT2D eigenvalue weighted by atomic mass is 10.7. The summed E-state index contributed by atoms with van der Waals surface area (Å²) in [7, 11) is 1.48. The Hall–Kier alpha value is -1.43. The largest absolute Gasteiger partial charge is 0.402 e. The number of nitrogens with zero attached hydrogens (tertiary/aromatic N) is 2. The van der Waals surface area contributed by atoms with Gasteiger partial charge in [-0.15, -0.1) is 11.3 Å². The smallest absolute Gasteiger partial charge is 0.355 e. The van der Waals surface area contributed by atoms with E-state index < -0.39 is 5.97 Å². The number of rotatable bonds is 2. The molecule has 0 atom stereocenters. The lowest BCUT2D eigenvalue weighted by Gasteiger charge is -1.92. The zero-order valence-electron chi connectivity index (χ0n) is 6.35. The molecular weight excluding hydrogens is 178 g/mol. The molecule has 12 heavy (non-hydrogen) atoms. The van der Waals surface area contributed by atoms with Crippen molar-refractivity contribution in [2.45, 2.75) is 0 Å². The quantitative estimate of drug-likeness (QED) is 0.532. The van der Waals surface area contributed by atoms with Crippen LogP contribution < -0.4 is 10.5 Å². The number of hydrogen-bond donors (Lipinski definition) is 1. The SMILES string of the molecule is CN=CC(=O)Oc1csc(N)n1. The van der Waals surface area contributed by atoms with E-state index in [-0.39, 0.29) is 5.88 Å². The van der Waals surface area contributed by atoms with Gasteiger partial charge in [-0.25, -0.2) is 4.79 Å². The molecule has 0 fully saturated rings. The summed E-state index contributed by atoms with van der Waals surface area (Å²) in [6.45, 7) is 0. The van der Waals surface area contributed by atoms with Gasteiger partial charge in [0, 0.05) is 7.05 Å². The number of hydrogen-bond acceptors (Lipinski definition) is 6. The van der Waals surface area contributed by atoms with Crippen molar-refractivity contribution in [3.63, 3.8) is 0 Å². The van der Waals surface area contributed by atoms with E-state index >= 15 is 0 Å². The molecule has 2 N–H and O–H groups in total. The van der Waals surface area contributed by atoms with Crippen LogP contribution in [0.15, 0.2) is 10.4 Å². The Bertz CT molecular complexity index is 307. The number of aromatic nitrogens is 1. The number of thiazole rings is 1. The highest BCUT2D eigenvalue weighted by Crippen LogP contribution is 2.17. The molecule has 1 heterocycles. The molecule has 0 aliphatic carbocycles. The summed E-state index contributed by atoms with van der Waals surface area (Å²) in [5.41, 5.74) is 5.31. The van der Waals surface area contributed by atoms with E-state index in [0.29, 0.717) is 5.13 Å². The topological polar surface area (TPSA) is 77.6 Å². The molecule has 0 aromatic carbocycles. The number of anilines is 1. The lowest BCUT2D eigenvalue weighted by molar-refractivity contribution is -0.126. The minimum atomic E-state index is -0.553. The summed E-state index contributed by atoms with van der Waals surface area (Å²) >= 11 is 1.21. The van der Waals surface area contributed by atoms with Crippen LogP contribution in [0.4, 0.5) is 5.13 Å². The molecule has 0 spiro atoms. The van der Waals surface area contributed by atoms with Crippen molar-refractivity contribution >= 4 is 28.7 Å². The summed E-state index contributed by atoms with van der Waals surface area (Å²) in [5, 5.41) is 1.92. The predicted molar refractivity (Wildman–Crippen MR) is 46.6 cm³/mol. The number of ether oxygens (including phenoxy) is 1. The van der Waals surface area contributed by atoms with Crippen LogP contribution in [0.3, 0.4) is 0 Å². The Balaban J connectivity index is 2.58. The third-order valence-corrected chi connectivity index (χ3v) is 1.59. The average Bonchev–Trinajstić information content (AvgIpc) is 2.36. The Labute approximate surface area is 72.9 Å². The first-order valence-electron chi connectivity index (χ1n) is 3.07. The fraction of sp³-hybridized carbons (Fsp3) is 0.167. The summed E-state index contributed by atoms with van der Waals surface area (Å²) in [4.78, 5) is 18.0. The van der Waals surface area contributed by atoms with Gasteiger partial charge in [0.25, 0.3) is 0 Å². The van der Waals surface area contributed by atoms with Gasteiger partial charge in [0.2, 0.25) is 5.88 Å². The van der Waals surface area contributed by atoms with Crippen LogP contribution in [-0.2, 0) is 4.79 Å². The minimum absolute atomic E-state index is 0.211. The Morgan fingerprint density at radius 1 is 1.92 bits per heavy atom. The van der Waals surface area contributed by atoms with Crippen LogP contribution in [0.2, 0.25) is 0 Å². The van der Waals surface area contributed by atoms with Gasteiger partial charge in [-0.3, -0.25) is 4.99 Å². The highest BCUT2D eigenvalue weighted by Gasteiger charge is 2.03. The maximum absolute atomic E-state index is 10.8. The monoisotopic (exact) mass is 185 g/mol. The van der Waals surface area contributed by atoms with E-state index in [4.69, 9.17) is 10.5 Å². The van der Waals surface area contributed by atoms with E-state index in [0.717, 1.165) is 6.21 Å². The van der Waals surface area contributed by atoms with Gasteiger partial charge in [0.1, 0.15) is 6.21 Å². The van der Waals surface area contributed by atoms with Crippen molar-refractivity contribution in [1.29, 1.82) is 0 Å². The normalized spacial score (nSPS) is 10.4. The van der Waals surface area contributed by atoms with Crippen LogP contribution in [0, 0.1) is 0 Å². The molecule has 0 amide bonds. The van der Waals surface area contributed by atoms with Crippen LogP contribution in [0.25, 0.3) is 0 Å². The molecule has 1 aromatic heterocycles. The lowest BCUT2D eigenvalue weighted by Crippen LogP contribution is -2.08. The van der Waals surface area contributed by atoms with Crippen molar-refractivity contribution in [2.24, 2.45) is 4.99 Å². The van der Waals surface area contributed by atoms with Crippen molar-refractivity contribution in [3.05, 3.63) is 5.38 Å². The number of esters is 1. The van der Waals surface area contributed by atoms with E-state index in [1.165, 1.54) is 18.4 Å². The Kier molecular flexibility index (Phi) is 2.76. The maximum Gasteiger partial charge on any atom is 0.355 e. The second kappa shape index (κ2) is 3.82. The molecule has 6 heteroatoms. The number of nitrogens with two attached hydrogens (primary N) is 1. The van der Waals surface area contributed by atoms with Crippen LogP contribution >= 0.6 is 11.3 Å². The zero-order valence-corrected chi connectivity index (χ0v) is 7.17. The van der Waals surface area contributed by atoms with Crippen LogP contribution in [-0.4, -0.2) is 24.2 Å². The number of carbonyl (C=O) groups excluding carboxylic acids is 1. The Morgan fingerprint density at radius 3 is 3.17 bits per heavy atom. The molecule has 0 bridgehead atoms. The molecule has 0 saturated carbocycles. The van der Waals surface area contributed by atoms with Gasteiger partial charge >= 0.3 is 5.97 Å². The highest BCUT2D eigenvalue weighted by atomic mass is 32.1. The molecule has 0 aliphatic heterocycles. The second-order valence-corrected chi connectivity index (χ2v) is 2.72. The van der Waals surface area contributed by atoms with Gasteiger partial charge in [0.05, 0.1) is 5.38 Å². The number of nitrogen functional groups attached to an aromatic ring is 1. The molecule has 0 unspecified atom stereocenters. The molecule has 64 valence electrons. The van der Waals surface area contributed by atoms with Crippen molar-refractivity contribution in [1.82, 2.24) is 4.98 Å². The summed E-state index contributed by atoms with van der Waals surface area (Å²) in [6.07, 6.45) is 1.07. The van der Waals surface area contributed by atoms with Gasteiger partial charge in [-0.05, 0) is 0 Å². The van der Waals surface area contributed by atoms with Crippen molar-refractivity contribution in [2.75, 3.05) is 12.8 Å². The van der Waals surface area contributed by atoms with Crippen molar-refractivity contribution < 1.29 is 9.53 Å². The standard InChI is InChI=1S/C6H7N3O2S/c1-8-2-5(10)11-4-3-12-6(7)9-4/h2-3H,1H3,(H2,7,9). The van der Waals surface area contributed by atoms with E-state index in [1.807, 2.05) is 0 Å². The molecule has 0 saturated heterocycles. The first kappa shape index (κ1) is 8.66. The highest BCUT2D eigenvalue weighted by molar-refractivity contribution is 7.13. The number of carbonyl (C=O) groups is 1. The molecule has 1 aromatic rings. The minimum Gasteiger partial charge on any atom is -0.402 e. The van der Waals surface area contributed by atoms with Crippen molar-refractivity contribution in [3.8, 4) is 5.88 Å². The maximum atomic E-state index is 10.8. The first-order chi connectivity index (χ1) is 5.72. The van der Waals surface area contributed by atoms with E-state index in [1.54, 1.807) is 5.38 Å². The summed E-state index contributed by atoms with van der Waals surface area (Å²) < 4.78 is 4.71. The van der Waals surface area contributed by atoms with Crippen LogP contribution in [0.1, 0.15) is 0 Å². The van der Waals surface area contributed by atoms with E-state index in [2.05, 4.69) is 9.98 Å². The van der Waals surface area contributed by atoms with Gasteiger partial charge in [-0.2, -0.15) is 4.98 Å². The Morgan fingerprint density at radius 2 is 2.67 bits per heavy atom. The first-order valence-corrected chi connectivity index (χ1v) is 3.95. The summed E-state index contributed by atoms with van der Waals surface area (Å²) in [6, 6.07) is 0. The zero-order chi connectivity index (χ0) is 8.97. The third-order valence-electron chi connectivity index (χ3n) is 0.941. The molecule has 5 nitrogen and oxygen atoms in total. The fourth-order valence-electron chi connectivity index (χ4n) is 0.554. The predicted octanol–water partition coefficient (Wildman–Crippen LogP) is 0.331. The molecular formula is C6H7N3O2S. The third kappa shape index (κ3) is 2.31. The van der Waals surface area contributed by atoms with E-state index in [9.17, 15) is 4.79 Å². The number of aliphatic imine (C=N–C) groups is 1. The molecule has 1 rings (SSSR count). The van der Waals surface area contributed by atoms with Gasteiger partial charge in [-0.1, -0.05) is 0 Å².